The van der Waals surface area contributed by atoms with E-state index >= 15 is 0 Å². The van der Waals surface area contributed by atoms with Crippen molar-refractivity contribution in [1.82, 2.24) is 0 Å². The number of carbonyl (C=O) groups excluding carboxylic acids is 1. The Morgan fingerprint density at radius 2 is 2.15 bits per heavy atom. The summed E-state index contributed by atoms with van der Waals surface area (Å²) in [5.41, 5.74) is 0.352. The van der Waals surface area contributed by atoms with Gasteiger partial charge in [0.2, 0.25) is 0 Å². The van der Waals surface area contributed by atoms with Crippen LogP contribution in [0.5, 0.6) is 5.75 Å². The molecule has 2 rings (SSSR count). The SMILES string of the molecule is Cc1cc2cc(C=O)c(O)cc2s1. The van der Waals surface area contributed by atoms with E-state index in [1.54, 1.807) is 23.5 Å². The highest BCUT2D eigenvalue weighted by Crippen LogP contribution is 2.30. The van der Waals surface area contributed by atoms with E-state index in [2.05, 4.69) is 0 Å². The summed E-state index contributed by atoms with van der Waals surface area (Å²) in [4.78, 5) is 11.7. The van der Waals surface area contributed by atoms with Gasteiger partial charge < -0.3 is 5.11 Å². The second kappa shape index (κ2) is 2.85. The van der Waals surface area contributed by atoms with Crippen molar-refractivity contribution >= 4 is 27.7 Å². The number of phenolic OH excluding ortho intramolecular Hbond substituents is 1. The Kier molecular flexibility index (Phi) is 1.81. The highest BCUT2D eigenvalue weighted by molar-refractivity contribution is 7.19. The van der Waals surface area contributed by atoms with Crippen molar-refractivity contribution in [3.8, 4) is 5.75 Å². The van der Waals surface area contributed by atoms with Gasteiger partial charge in [-0.15, -0.1) is 11.3 Å². The monoisotopic (exact) mass is 192 g/mol. The van der Waals surface area contributed by atoms with Crippen molar-refractivity contribution in [2.45, 2.75) is 6.92 Å². The molecule has 3 heteroatoms. The normalized spacial score (nSPS) is 10.5. The predicted molar refractivity (Wildman–Crippen MR) is 53.6 cm³/mol. The lowest BCUT2D eigenvalue weighted by atomic mass is 10.1. The van der Waals surface area contributed by atoms with E-state index in [0.29, 0.717) is 11.8 Å². The van der Waals surface area contributed by atoms with Gasteiger partial charge in [0.25, 0.3) is 0 Å². The summed E-state index contributed by atoms with van der Waals surface area (Å²) in [7, 11) is 0. The zero-order chi connectivity index (χ0) is 9.42. The third-order valence-corrected chi connectivity index (χ3v) is 2.93. The van der Waals surface area contributed by atoms with Crippen molar-refractivity contribution < 1.29 is 9.90 Å². The molecule has 2 aromatic rings. The number of rotatable bonds is 1. The van der Waals surface area contributed by atoms with Gasteiger partial charge in [-0.25, -0.2) is 0 Å². The van der Waals surface area contributed by atoms with E-state index < -0.39 is 0 Å². The second-order valence-electron chi connectivity index (χ2n) is 2.92. The molecule has 13 heavy (non-hydrogen) atoms. The molecule has 0 bridgehead atoms. The maximum absolute atomic E-state index is 10.5. The Bertz CT molecular complexity index is 471. The topological polar surface area (TPSA) is 37.3 Å². The Morgan fingerprint density at radius 3 is 2.85 bits per heavy atom. The predicted octanol–water partition coefficient (Wildman–Crippen LogP) is 2.73. The maximum Gasteiger partial charge on any atom is 0.153 e. The van der Waals surface area contributed by atoms with Gasteiger partial charge in [0, 0.05) is 9.58 Å². The molecule has 1 N–H and O–H groups in total. The fourth-order valence-electron chi connectivity index (χ4n) is 1.32. The van der Waals surface area contributed by atoms with Crippen molar-refractivity contribution in [3.05, 3.63) is 28.6 Å². The molecule has 1 aromatic heterocycles. The first-order valence-electron chi connectivity index (χ1n) is 3.89. The van der Waals surface area contributed by atoms with Crippen molar-refractivity contribution in [2.75, 3.05) is 0 Å². The van der Waals surface area contributed by atoms with Crippen LogP contribution in [0.2, 0.25) is 0 Å². The standard InChI is InChI=1S/C10H8O2S/c1-6-2-7-3-8(5-11)9(12)4-10(7)13-6/h2-5,12H,1H3. The first-order chi connectivity index (χ1) is 6.20. The summed E-state index contributed by atoms with van der Waals surface area (Å²) in [6.45, 7) is 2.00. The van der Waals surface area contributed by atoms with Gasteiger partial charge in [-0.3, -0.25) is 4.79 Å². The van der Waals surface area contributed by atoms with Crippen LogP contribution in [0.25, 0.3) is 10.1 Å². The number of benzene rings is 1. The molecule has 1 heterocycles. The number of aldehydes is 1. The molecule has 0 spiro atoms. The van der Waals surface area contributed by atoms with Gasteiger partial charge >= 0.3 is 0 Å². The summed E-state index contributed by atoms with van der Waals surface area (Å²) in [5, 5.41) is 10.4. The minimum Gasteiger partial charge on any atom is -0.507 e. The largest absolute Gasteiger partial charge is 0.507 e. The summed E-state index contributed by atoms with van der Waals surface area (Å²) < 4.78 is 1.01. The molecule has 2 nitrogen and oxygen atoms in total. The summed E-state index contributed by atoms with van der Waals surface area (Å²) in [6.07, 6.45) is 0.668. The number of hydrogen-bond acceptors (Lipinski definition) is 3. The summed E-state index contributed by atoms with van der Waals surface area (Å²) in [6, 6.07) is 5.35. The second-order valence-corrected chi connectivity index (χ2v) is 4.21. The Hall–Kier alpha value is -1.35. The Morgan fingerprint density at radius 1 is 1.38 bits per heavy atom. The maximum atomic E-state index is 10.5. The number of aryl methyl sites for hydroxylation is 1. The molecule has 0 amide bonds. The molecule has 0 aliphatic carbocycles. The number of thiophene rings is 1. The minimum atomic E-state index is 0.0596. The Labute approximate surface area is 79.4 Å². The Balaban J connectivity index is 2.79. The van der Waals surface area contributed by atoms with Crippen molar-refractivity contribution in [1.29, 1.82) is 0 Å². The summed E-state index contributed by atoms with van der Waals surface area (Å²) >= 11 is 1.61. The minimum absolute atomic E-state index is 0.0596. The van der Waals surface area contributed by atoms with E-state index in [1.165, 1.54) is 4.88 Å². The lowest BCUT2D eigenvalue weighted by Gasteiger charge is -1.95. The highest BCUT2D eigenvalue weighted by Gasteiger charge is 2.04. The average molecular weight is 192 g/mol. The molecule has 0 fully saturated rings. The van der Waals surface area contributed by atoms with Gasteiger partial charge in [-0.2, -0.15) is 0 Å². The van der Waals surface area contributed by atoms with Gasteiger partial charge in [0.15, 0.2) is 6.29 Å². The number of aromatic hydroxyl groups is 1. The van der Waals surface area contributed by atoms with E-state index in [-0.39, 0.29) is 5.75 Å². The third kappa shape index (κ3) is 1.31. The molecule has 1 aromatic carbocycles. The third-order valence-electron chi connectivity index (χ3n) is 1.92. The van der Waals surface area contributed by atoms with Crippen LogP contribution >= 0.6 is 11.3 Å². The number of phenols is 1. The van der Waals surface area contributed by atoms with Gasteiger partial charge in [-0.1, -0.05) is 0 Å². The van der Waals surface area contributed by atoms with Gasteiger partial charge in [0.1, 0.15) is 5.75 Å². The fourth-order valence-corrected chi connectivity index (χ4v) is 2.26. The van der Waals surface area contributed by atoms with E-state index in [9.17, 15) is 9.90 Å². The molecule has 0 radical (unpaired) electrons. The van der Waals surface area contributed by atoms with E-state index in [0.717, 1.165) is 10.1 Å². The number of fused-ring (bicyclic) bond motifs is 1. The first kappa shape index (κ1) is 8.26. The lowest BCUT2D eigenvalue weighted by molar-refractivity contribution is 0.112. The van der Waals surface area contributed by atoms with Crippen LogP contribution in [-0.4, -0.2) is 11.4 Å². The summed E-state index contributed by atoms with van der Waals surface area (Å²) in [5.74, 6) is 0.0596. The quantitative estimate of drug-likeness (QED) is 0.705. The molecular weight excluding hydrogens is 184 g/mol. The molecule has 0 atom stereocenters. The van der Waals surface area contributed by atoms with Crippen LogP contribution in [0.1, 0.15) is 15.2 Å². The van der Waals surface area contributed by atoms with Crippen LogP contribution < -0.4 is 0 Å². The average Bonchev–Trinajstić information content (AvgIpc) is 2.42. The first-order valence-corrected chi connectivity index (χ1v) is 4.70. The van der Waals surface area contributed by atoms with E-state index in [1.807, 2.05) is 13.0 Å². The van der Waals surface area contributed by atoms with Crippen LogP contribution in [0.4, 0.5) is 0 Å². The van der Waals surface area contributed by atoms with Gasteiger partial charge in [0.05, 0.1) is 5.56 Å². The molecule has 0 unspecified atom stereocenters. The zero-order valence-corrected chi connectivity index (χ0v) is 7.89. The molecule has 0 saturated carbocycles. The molecule has 0 saturated heterocycles. The highest BCUT2D eigenvalue weighted by atomic mass is 32.1. The zero-order valence-electron chi connectivity index (χ0n) is 7.07. The van der Waals surface area contributed by atoms with Crippen molar-refractivity contribution in [3.63, 3.8) is 0 Å². The lowest BCUT2D eigenvalue weighted by Crippen LogP contribution is -1.79. The van der Waals surface area contributed by atoms with E-state index in [4.69, 9.17) is 0 Å². The molecular formula is C10H8O2S. The fraction of sp³-hybridized carbons (Fsp3) is 0.100. The van der Waals surface area contributed by atoms with Gasteiger partial charge in [-0.05, 0) is 30.5 Å². The van der Waals surface area contributed by atoms with Crippen LogP contribution in [0.15, 0.2) is 18.2 Å². The van der Waals surface area contributed by atoms with Crippen LogP contribution in [0.3, 0.4) is 0 Å². The number of carbonyl (C=O) groups is 1. The molecule has 0 aliphatic rings. The van der Waals surface area contributed by atoms with Crippen molar-refractivity contribution in [2.24, 2.45) is 0 Å². The number of hydrogen-bond donors (Lipinski definition) is 1. The molecule has 66 valence electrons. The molecule has 0 aliphatic heterocycles. The van der Waals surface area contributed by atoms with Crippen LogP contribution in [-0.2, 0) is 0 Å². The van der Waals surface area contributed by atoms with Crippen LogP contribution in [0, 0.1) is 6.92 Å². The smallest absolute Gasteiger partial charge is 0.153 e.